The summed E-state index contributed by atoms with van der Waals surface area (Å²) in [5.41, 5.74) is 0. The normalized spacial score (nSPS) is 27.8. The Bertz CT molecular complexity index is 239. The summed E-state index contributed by atoms with van der Waals surface area (Å²) in [5, 5.41) is 8.86. The van der Waals surface area contributed by atoms with Gasteiger partial charge in [-0.2, -0.15) is 0 Å². The van der Waals surface area contributed by atoms with Crippen LogP contribution in [-0.2, 0) is 0 Å². The number of rotatable bonds is 6. The van der Waals surface area contributed by atoms with Crippen molar-refractivity contribution in [2.45, 2.75) is 45.4 Å². The van der Waals surface area contributed by atoms with E-state index in [4.69, 9.17) is 5.11 Å². The molecule has 112 valence electrons. The van der Waals surface area contributed by atoms with Gasteiger partial charge >= 0.3 is 0 Å². The molecule has 0 aromatic carbocycles. The predicted octanol–water partition coefficient (Wildman–Crippen LogP) is 2.20. The summed E-state index contributed by atoms with van der Waals surface area (Å²) in [6.07, 6.45) is 7.70. The lowest BCUT2D eigenvalue weighted by atomic mass is 9.94. The Hall–Kier alpha value is -0.120. The molecule has 0 aromatic rings. The van der Waals surface area contributed by atoms with E-state index in [1.54, 1.807) is 0 Å². The average Bonchev–Trinajstić information content (AvgIpc) is 2.42. The molecule has 3 heteroatoms. The number of piperidine rings is 2. The second-order valence-electron chi connectivity index (χ2n) is 6.72. The van der Waals surface area contributed by atoms with Crippen molar-refractivity contribution in [1.29, 1.82) is 0 Å². The molecule has 1 unspecified atom stereocenters. The Morgan fingerprint density at radius 2 is 1.79 bits per heavy atom. The summed E-state index contributed by atoms with van der Waals surface area (Å²) in [6.45, 7) is 10.5. The molecule has 2 aliphatic rings. The third-order valence-corrected chi connectivity index (χ3v) is 4.88. The average molecular weight is 268 g/mol. The molecule has 0 amide bonds. The molecule has 0 aromatic heterocycles. The molecule has 19 heavy (non-hydrogen) atoms. The number of aliphatic hydroxyl groups is 1. The van der Waals surface area contributed by atoms with E-state index in [9.17, 15) is 0 Å². The van der Waals surface area contributed by atoms with E-state index in [0.717, 1.165) is 24.7 Å². The summed E-state index contributed by atoms with van der Waals surface area (Å²) >= 11 is 0. The van der Waals surface area contributed by atoms with Crippen molar-refractivity contribution in [2.24, 2.45) is 11.8 Å². The monoisotopic (exact) mass is 268 g/mol. The predicted molar refractivity (Wildman–Crippen MR) is 80.3 cm³/mol. The van der Waals surface area contributed by atoms with Crippen molar-refractivity contribution >= 4 is 0 Å². The first-order valence-electron chi connectivity index (χ1n) is 8.33. The summed E-state index contributed by atoms with van der Waals surface area (Å²) in [6, 6.07) is 0. The molecule has 3 nitrogen and oxygen atoms in total. The maximum Gasteiger partial charge on any atom is 0.0431 e. The lowest BCUT2D eigenvalue weighted by Gasteiger charge is -2.37. The smallest absolute Gasteiger partial charge is 0.0431 e. The standard InChI is InChI=1S/C16H32N2O/c1-15-6-10-18(11-7-15)14-16-5-4-9-17(13-16)8-2-3-12-19/h15-16,19H,2-14H2,1H3. The zero-order chi connectivity index (χ0) is 13.5. The van der Waals surface area contributed by atoms with E-state index in [1.807, 2.05) is 0 Å². The van der Waals surface area contributed by atoms with Crippen molar-refractivity contribution in [3.05, 3.63) is 0 Å². The second kappa shape index (κ2) is 8.23. The molecule has 0 spiro atoms. The molecule has 2 fully saturated rings. The van der Waals surface area contributed by atoms with Crippen LogP contribution in [0.4, 0.5) is 0 Å². The summed E-state index contributed by atoms with van der Waals surface area (Å²) < 4.78 is 0. The van der Waals surface area contributed by atoms with E-state index in [0.29, 0.717) is 6.61 Å². The van der Waals surface area contributed by atoms with Crippen LogP contribution in [-0.4, -0.2) is 60.8 Å². The van der Waals surface area contributed by atoms with Crippen LogP contribution >= 0.6 is 0 Å². The molecule has 2 saturated heterocycles. The zero-order valence-corrected chi connectivity index (χ0v) is 12.7. The molecule has 0 saturated carbocycles. The number of hydrogen-bond acceptors (Lipinski definition) is 3. The van der Waals surface area contributed by atoms with E-state index in [2.05, 4.69) is 16.7 Å². The highest BCUT2D eigenvalue weighted by atomic mass is 16.2. The van der Waals surface area contributed by atoms with Gasteiger partial charge in [-0.05, 0) is 76.5 Å². The lowest BCUT2D eigenvalue weighted by molar-refractivity contribution is 0.110. The van der Waals surface area contributed by atoms with Gasteiger partial charge in [0.15, 0.2) is 0 Å². The van der Waals surface area contributed by atoms with Gasteiger partial charge in [0.2, 0.25) is 0 Å². The highest BCUT2D eigenvalue weighted by Crippen LogP contribution is 2.21. The van der Waals surface area contributed by atoms with Crippen molar-refractivity contribution in [1.82, 2.24) is 9.80 Å². The largest absolute Gasteiger partial charge is 0.396 e. The fraction of sp³-hybridized carbons (Fsp3) is 1.00. The van der Waals surface area contributed by atoms with Gasteiger partial charge in [-0.25, -0.2) is 0 Å². The zero-order valence-electron chi connectivity index (χ0n) is 12.7. The number of likely N-dealkylation sites (tertiary alicyclic amines) is 2. The van der Waals surface area contributed by atoms with Gasteiger partial charge < -0.3 is 14.9 Å². The topological polar surface area (TPSA) is 26.7 Å². The van der Waals surface area contributed by atoms with Crippen molar-refractivity contribution in [3.63, 3.8) is 0 Å². The van der Waals surface area contributed by atoms with Gasteiger partial charge in [0.1, 0.15) is 0 Å². The van der Waals surface area contributed by atoms with Crippen LogP contribution in [0.15, 0.2) is 0 Å². The van der Waals surface area contributed by atoms with Gasteiger partial charge in [0, 0.05) is 19.7 Å². The molecule has 2 aliphatic heterocycles. The van der Waals surface area contributed by atoms with Gasteiger partial charge in [0.05, 0.1) is 0 Å². The maximum absolute atomic E-state index is 8.86. The second-order valence-corrected chi connectivity index (χ2v) is 6.72. The fourth-order valence-corrected chi connectivity index (χ4v) is 3.56. The van der Waals surface area contributed by atoms with Crippen LogP contribution in [0.3, 0.4) is 0 Å². The molecule has 1 atom stereocenters. The Balaban J connectivity index is 1.66. The minimum Gasteiger partial charge on any atom is -0.396 e. The van der Waals surface area contributed by atoms with E-state index in [-0.39, 0.29) is 0 Å². The third kappa shape index (κ3) is 5.41. The number of nitrogens with zero attached hydrogens (tertiary/aromatic N) is 2. The van der Waals surface area contributed by atoms with Crippen molar-refractivity contribution < 1.29 is 5.11 Å². The fourth-order valence-electron chi connectivity index (χ4n) is 3.56. The Morgan fingerprint density at radius 3 is 2.53 bits per heavy atom. The summed E-state index contributed by atoms with van der Waals surface area (Å²) in [5.74, 6) is 1.83. The van der Waals surface area contributed by atoms with Gasteiger partial charge in [-0.3, -0.25) is 0 Å². The molecule has 0 aliphatic carbocycles. The van der Waals surface area contributed by atoms with E-state index in [1.165, 1.54) is 65.0 Å². The van der Waals surface area contributed by atoms with Gasteiger partial charge in [-0.15, -0.1) is 0 Å². The minimum atomic E-state index is 0.350. The van der Waals surface area contributed by atoms with Crippen molar-refractivity contribution in [2.75, 3.05) is 45.9 Å². The highest BCUT2D eigenvalue weighted by molar-refractivity contribution is 4.78. The Kier molecular flexibility index (Phi) is 6.62. The molecule has 2 heterocycles. The van der Waals surface area contributed by atoms with Crippen LogP contribution in [0.1, 0.15) is 45.4 Å². The molecular formula is C16H32N2O. The molecule has 0 radical (unpaired) electrons. The SMILES string of the molecule is CC1CCN(CC2CCCN(CCCCO)C2)CC1. The van der Waals surface area contributed by atoms with Crippen LogP contribution in [0.5, 0.6) is 0 Å². The molecule has 2 rings (SSSR count). The van der Waals surface area contributed by atoms with Gasteiger partial charge in [0.25, 0.3) is 0 Å². The minimum absolute atomic E-state index is 0.350. The quantitative estimate of drug-likeness (QED) is 0.748. The third-order valence-electron chi connectivity index (χ3n) is 4.88. The van der Waals surface area contributed by atoms with E-state index < -0.39 is 0 Å². The Labute approximate surface area is 119 Å². The van der Waals surface area contributed by atoms with Crippen LogP contribution in [0.25, 0.3) is 0 Å². The van der Waals surface area contributed by atoms with Crippen LogP contribution in [0.2, 0.25) is 0 Å². The first-order chi connectivity index (χ1) is 9.28. The van der Waals surface area contributed by atoms with Crippen LogP contribution in [0, 0.1) is 11.8 Å². The summed E-state index contributed by atoms with van der Waals surface area (Å²) in [4.78, 5) is 5.32. The maximum atomic E-state index is 8.86. The first-order valence-corrected chi connectivity index (χ1v) is 8.33. The molecule has 1 N–H and O–H groups in total. The number of hydrogen-bond donors (Lipinski definition) is 1. The number of aliphatic hydroxyl groups excluding tert-OH is 1. The lowest BCUT2D eigenvalue weighted by Crippen LogP contribution is -2.43. The number of unbranched alkanes of at least 4 members (excludes halogenated alkanes) is 1. The highest BCUT2D eigenvalue weighted by Gasteiger charge is 2.23. The Morgan fingerprint density at radius 1 is 1.00 bits per heavy atom. The van der Waals surface area contributed by atoms with Crippen LogP contribution < -0.4 is 0 Å². The van der Waals surface area contributed by atoms with Gasteiger partial charge in [-0.1, -0.05) is 6.92 Å². The van der Waals surface area contributed by atoms with E-state index >= 15 is 0 Å². The summed E-state index contributed by atoms with van der Waals surface area (Å²) in [7, 11) is 0. The molecular weight excluding hydrogens is 236 g/mol. The first kappa shape index (κ1) is 15.3. The molecule has 0 bridgehead atoms. The van der Waals surface area contributed by atoms with Crippen molar-refractivity contribution in [3.8, 4) is 0 Å².